The van der Waals surface area contributed by atoms with Crippen LogP contribution in [0, 0.1) is 0 Å². The van der Waals surface area contributed by atoms with Crippen LogP contribution in [0.2, 0.25) is 5.02 Å². The van der Waals surface area contributed by atoms with Crippen LogP contribution in [0.15, 0.2) is 11.0 Å². The van der Waals surface area contributed by atoms with E-state index in [9.17, 15) is 9.18 Å². The number of anilines is 1. The van der Waals surface area contributed by atoms with E-state index in [0.29, 0.717) is 0 Å². The largest absolute Gasteiger partial charge is 0.394 e. The van der Waals surface area contributed by atoms with Gasteiger partial charge < -0.3 is 15.6 Å². The van der Waals surface area contributed by atoms with Gasteiger partial charge in [0.1, 0.15) is 24.3 Å². The first kappa shape index (κ1) is 12.3. The molecule has 0 unspecified atom stereocenters. The standard InChI is InChI=1S/C9H11ClFN3O3/c10-4-2-14(9(16)13-8(4)12)7-1-5(11)6(3-15)17-7/h2,5-7,15H,1,3H2,(H2,12,13,16)/t5-,6+,7+/m0/s1. The van der Waals surface area contributed by atoms with E-state index in [2.05, 4.69) is 4.98 Å². The fourth-order valence-electron chi connectivity index (χ4n) is 1.69. The molecule has 3 N–H and O–H groups in total. The highest BCUT2D eigenvalue weighted by Crippen LogP contribution is 2.30. The lowest BCUT2D eigenvalue weighted by atomic mass is 10.2. The summed E-state index contributed by atoms with van der Waals surface area (Å²) in [5, 5.41) is 8.95. The molecule has 2 rings (SSSR count). The Morgan fingerprint density at radius 2 is 2.47 bits per heavy atom. The highest BCUT2D eigenvalue weighted by molar-refractivity contribution is 6.32. The van der Waals surface area contributed by atoms with E-state index in [1.165, 1.54) is 6.20 Å². The van der Waals surface area contributed by atoms with E-state index in [4.69, 9.17) is 27.2 Å². The molecule has 0 bridgehead atoms. The first-order chi connectivity index (χ1) is 8.02. The first-order valence-electron chi connectivity index (χ1n) is 4.97. The van der Waals surface area contributed by atoms with Crippen LogP contribution in [0.1, 0.15) is 12.6 Å². The van der Waals surface area contributed by atoms with E-state index in [0.717, 1.165) is 4.57 Å². The fraction of sp³-hybridized carbons (Fsp3) is 0.556. The summed E-state index contributed by atoms with van der Waals surface area (Å²) in [6.07, 6.45) is -1.85. The lowest BCUT2D eigenvalue weighted by molar-refractivity contribution is -0.0355. The van der Waals surface area contributed by atoms with Gasteiger partial charge in [0.05, 0.1) is 11.6 Å². The Hall–Kier alpha value is -1.18. The predicted molar refractivity (Wildman–Crippen MR) is 58.4 cm³/mol. The summed E-state index contributed by atoms with van der Waals surface area (Å²) in [4.78, 5) is 15.0. The molecular formula is C9H11ClFN3O3. The minimum atomic E-state index is -1.33. The van der Waals surface area contributed by atoms with Gasteiger partial charge in [0.25, 0.3) is 0 Å². The van der Waals surface area contributed by atoms with Crippen molar-refractivity contribution in [3.8, 4) is 0 Å². The SMILES string of the molecule is Nc1nc(=O)n([C@H]2C[C@H](F)[C@@H](CO)O2)cc1Cl. The van der Waals surface area contributed by atoms with Gasteiger partial charge in [-0.25, -0.2) is 9.18 Å². The lowest BCUT2D eigenvalue weighted by Gasteiger charge is -2.14. The number of hydrogen-bond donors (Lipinski definition) is 2. The Morgan fingerprint density at radius 3 is 3.06 bits per heavy atom. The number of aliphatic hydroxyl groups is 1. The summed E-state index contributed by atoms with van der Waals surface area (Å²) in [5.41, 5.74) is 4.69. The van der Waals surface area contributed by atoms with Gasteiger partial charge in [-0.1, -0.05) is 11.6 Å². The zero-order chi connectivity index (χ0) is 12.6. The Bertz CT molecular complexity index is 481. The highest BCUT2D eigenvalue weighted by atomic mass is 35.5. The number of nitrogens with zero attached hydrogens (tertiary/aromatic N) is 2. The molecule has 2 heterocycles. The molecule has 17 heavy (non-hydrogen) atoms. The van der Waals surface area contributed by atoms with Gasteiger partial charge in [0.2, 0.25) is 0 Å². The Morgan fingerprint density at radius 1 is 1.76 bits per heavy atom. The molecule has 0 spiro atoms. The quantitative estimate of drug-likeness (QED) is 0.790. The van der Waals surface area contributed by atoms with Crippen molar-refractivity contribution in [1.29, 1.82) is 0 Å². The van der Waals surface area contributed by atoms with Crippen LogP contribution in [-0.2, 0) is 4.74 Å². The molecule has 1 aromatic heterocycles. The zero-order valence-corrected chi connectivity index (χ0v) is 9.47. The van der Waals surface area contributed by atoms with Crippen molar-refractivity contribution in [3.63, 3.8) is 0 Å². The fourth-order valence-corrected chi connectivity index (χ4v) is 1.83. The van der Waals surface area contributed by atoms with Crippen molar-refractivity contribution in [2.75, 3.05) is 12.3 Å². The van der Waals surface area contributed by atoms with Gasteiger partial charge in [-0.05, 0) is 0 Å². The van der Waals surface area contributed by atoms with Crippen LogP contribution in [-0.4, -0.2) is 33.5 Å². The molecule has 1 fully saturated rings. The van der Waals surface area contributed by atoms with Gasteiger partial charge in [0, 0.05) is 12.6 Å². The van der Waals surface area contributed by atoms with Crippen LogP contribution < -0.4 is 11.4 Å². The molecule has 94 valence electrons. The topological polar surface area (TPSA) is 90.4 Å². The second-order valence-corrected chi connectivity index (χ2v) is 4.13. The van der Waals surface area contributed by atoms with Gasteiger partial charge in [0.15, 0.2) is 0 Å². The highest BCUT2D eigenvalue weighted by Gasteiger charge is 2.36. The molecule has 0 radical (unpaired) electrons. The van der Waals surface area contributed by atoms with Crippen LogP contribution >= 0.6 is 11.6 Å². The maximum absolute atomic E-state index is 13.4. The van der Waals surface area contributed by atoms with Crippen LogP contribution in [0.25, 0.3) is 0 Å². The molecule has 0 aromatic carbocycles. The van der Waals surface area contributed by atoms with Crippen LogP contribution in [0.3, 0.4) is 0 Å². The number of aromatic nitrogens is 2. The van der Waals surface area contributed by atoms with Gasteiger partial charge >= 0.3 is 5.69 Å². The average molecular weight is 264 g/mol. The average Bonchev–Trinajstić information content (AvgIpc) is 2.65. The molecule has 8 heteroatoms. The number of alkyl halides is 1. The van der Waals surface area contributed by atoms with E-state index in [1.807, 2.05) is 0 Å². The Kier molecular flexibility index (Phi) is 3.32. The van der Waals surface area contributed by atoms with E-state index in [1.54, 1.807) is 0 Å². The van der Waals surface area contributed by atoms with E-state index >= 15 is 0 Å². The monoisotopic (exact) mass is 263 g/mol. The van der Waals surface area contributed by atoms with Crippen molar-refractivity contribution in [2.24, 2.45) is 0 Å². The van der Waals surface area contributed by atoms with Crippen molar-refractivity contribution < 1.29 is 14.2 Å². The minimum Gasteiger partial charge on any atom is -0.394 e. The molecule has 1 aromatic rings. The summed E-state index contributed by atoms with van der Waals surface area (Å²) < 4.78 is 19.6. The van der Waals surface area contributed by atoms with Crippen molar-refractivity contribution in [2.45, 2.75) is 24.9 Å². The molecule has 0 aliphatic carbocycles. The maximum Gasteiger partial charge on any atom is 0.351 e. The zero-order valence-electron chi connectivity index (χ0n) is 8.72. The number of nitrogen functional groups attached to an aromatic ring is 1. The van der Waals surface area contributed by atoms with Crippen LogP contribution in [0.4, 0.5) is 10.2 Å². The molecule has 6 nitrogen and oxygen atoms in total. The van der Waals surface area contributed by atoms with Crippen molar-refractivity contribution >= 4 is 17.4 Å². The number of aliphatic hydroxyl groups excluding tert-OH is 1. The molecule has 3 atom stereocenters. The third-order valence-electron chi connectivity index (χ3n) is 2.59. The van der Waals surface area contributed by atoms with E-state index in [-0.39, 0.29) is 17.3 Å². The molecule has 1 saturated heterocycles. The second-order valence-electron chi connectivity index (χ2n) is 3.73. The van der Waals surface area contributed by atoms with Gasteiger partial charge in [-0.2, -0.15) is 4.98 Å². The van der Waals surface area contributed by atoms with Crippen LogP contribution in [0.5, 0.6) is 0 Å². The first-order valence-corrected chi connectivity index (χ1v) is 5.35. The molecule has 0 amide bonds. The van der Waals surface area contributed by atoms with Crippen molar-refractivity contribution in [3.05, 3.63) is 21.7 Å². The Balaban J connectivity index is 2.30. The van der Waals surface area contributed by atoms with Crippen molar-refractivity contribution in [1.82, 2.24) is 9.55 Å². The number of nitrogens with two attached hydrogens (primary N) is 1. The minimum absolute atomic E-state index is 0.0347. The second kappa shape index (κ2) is 4.59. The normalized spacial score (nSPS) is 28.5. The number of ether oxygens (including phenoxy) is 1. The molecule has 1 aliphatic heterocycles. The summed E-state index contributed by atoms with van der Waals surface area (Å²) in [7, 11) is 0. The lowest BCUT2D eigenvalue weighted by Crippen LogP contribution is -2.28. The third kappa shape index (κ3) is 2.26. The molecule has 0 saturated carbocycles. The summed E-state index contributed by atoms with van der Waals surface area (Å²) in [6, 6.07) is 0. The number of hydrogen-bond acceptors (Lipinski definition) is 5. The third-order valence-corrected chi connectivity index (χ3v) is 2.88. The van der Waals surface area contributed by atoms with Gasteiger partial charge in [-0.15, -0.1) is 0 Å². The summed E-state index contributed by atoms with van der Waals surface area (Å²) in [5.74, 6) is -0.0820. The maximum atomic E-state index is 13.4. The molecular weight excluding hydrogens is 253 g/mol. The van der Waals surface area contributed by atoms with Gasteiger partial charge in [-0.3, -0.25) is 4.57 Å². The number of rotatable bonds is 2. The summed E-state index contributed by atoms with van der Waals surface area (Å²) >= 11 is 5.72. The predicted octanol–water partition coefficient (Wildman–Crippen LogP) is 0.0968. The molecule has 1 aliphatic rings. The Labute approximate surface area is 101 Å². The van der Waals surface area contributed by atoms with E-state index < -0.39 is 30.8 Å². The summed E-state index contributed by atoms with van der Waals surface area (Å²) in [6.45, 7) is -0.442. The number of halogens is 2. The smallest absolute Gasteiger partial charge is 0.351 e.